The summed E-state index contributed by atoms with van der Waals surface area (Å²) in [6, 6.07) is 22.3. The normalized spacial score (nSPS) is 20.3. The van der Waals surface area contributed by atoms with Gasteiger partial charge in [-0.25, -0.2) is 24.2 Å². The highest BCUT2D eigenvalue weighted by atomic mass is 35.5. The first-order valence-electron chi connectivity index (χ1n) is 32.3. The third-order valence-electron chi connectivity index (χ3n) is 17.8. The fourth-order valence-electron chi connectivity index (χ4n) is 12.7. The largest absolute Gasteiger partial charge is 0.497 e. The minimum atomic E-state index is -1.71. The van der Waals surface area contributed by atoms with Crippen LogP contribution >= 0.6 is 34.7 Å². The number of anilines is 1. The van der Waals surface area contributed by atoms with Crippen LogP contribution in [0.25, 0.3) is 10.9 Å². The molecule has 6 atom stereocenters. The second-order valence-corrected chi connectivity index (χ2v) is 30.1. The van der Waals surface area contributed by atoms with E-state index in [4.69, 9.17) is 54.3 Å². The van der Waals surface area contributed by atoms with Crippen LogP contribution in [-0.2, 0) is 64.6 Å². The number of rotatable bonds is 24. The third-order valence-corrected chi connectivity index (χ3v) is 20.4. The lowest BCUT2D eigenvalue weighted by molar-refractivity contribution is -0.179. The average Bonchev–Trinajstić information content (AvgIpc) is 1.08. The maximum Gasteiger partial charge on any atom is 0.413 e. The van der Waals surface area contributed by atoms with Gasteiger partial charge in [0.2, 0.25) is 5.60 Å². The average molecular weight is 1390 g/mol. The molecule has 3 fully saturated rings. The number of H-pyrrole nitrogens is 1. The number of benzene rings is 4. The Kier molecular flexibility index (Phi) is 21.8. The summed E-state index contributed by atoms with van der Waals surface area (Å²) in [6.45, 7) is 15.3. The Bertz CT molecular complexity index is 4100. The van der Waals surface area contributed by atoms with Crippen LogP contribution in [0.4, 0.5) is 9.93 Å². The number of nitrogens with zero attached hydrogens (tertiary/aromatic N) is 4. The molecule has 4 heterocycles. The summed E-state index contributed by atoms with van der Waals surface area (Å²) >= 11 is 9.65. The molecule has 97 heavy (non-hydrogen) atoms. The number of aromatic nitrogens is 3. The molecule has 3 amide bonds. The van der Waals surface area contributed by atoms with Crippen molar-refractivity contribution >= 4 is 86.3 Å². The zero-order valence-electron chi connectivity index (χ0n) is 56.7. The molecule has 0 spiro atoms. The molecule has 1 saturated heterocycles. The van der Waals surface area contributed by atoms with Gasteiger partial charge in [0.25, 0.3) is 17.4 Å². The number of carbonyl (C=O) groups excluding carboxylic acids is 5. The van der Waals surface area contributed by atoms with E-state index in [1.165, 1.54) is 40.5 Å². The molecule has 2 saturated carbocycles. The molecule has 4 aromatic carbocycles. The molecule has 26 heteroatoms. The Labute approximate surface area is 576 Å². The van der Waals surface area contributed by atoms with Gasteiger partial charge in [-0.05, 0) is 183 Å². The Balaban J connectivity index is 0.894. The van der Waals surface area contributed by atoms with Crippen LogP contribution in [-0.4, -0.2) is 110 Å². The van der Waals surface area contributed by atoms with Crippen LogP contribution in [0.1, 0.15) is 142 Å². The first kappa shape index (κ1) is 71.2. The van der Waals surface area contributed by atoms with Crippen LogP contribution in [0.3, 0.4) is 0 Å². The molecule has 2 aromatic heterocycles. The molecule has 0 radical (unpaired) electrons. The summed E-state index contributed by atoms with van der Waals surface area (Å²) < 4.78 is 47.1. The first-order valence-corrected chi connectivity index (χ1v) is 34.5. The van der Waals surface area contributed by atoms with E-state index < -0.39 is 80.4 Å². The van der Waals surface area contributed by atoms with Gasteiger partial charge in [0.05, 0.1) is 32.2 Å². The highest BCUT2D eigenvalue weighted by molar-refractivity contribution is 8.00. The Morgan fingerprint density at radius 1 is 0.773 bits per heavy atom. The fourth-order valence-corrected chi connectivity index (χ4v) is 15.2. The van der Waals surface area contributed by atoms with Gasteiger partial charge in [-0.2, -0.15) is 0 Å². The number of nitrogens with one attached hydrogen (secondary N) is 3. The molecule has 518 valence electrons. The lowest BCUT2D eigenvalue weighted by Crippen LogP contribution is -2.71. The monoisotopic (exact) mass is 1390 g/mol. The van der Waals surface area contributed by atoms with E-state index in [0.717, 1.165) is 73.0 Å². The lowest BCUT2D eigenvalue weighted by Gasteiger charge is -2.51. The number of ether oxygens (including phenoxy) is 8. The maximum absolute atomic E-state index is 15.0. The van der Waals surface area contributed by atoms with Crippen LogP contribution in [0.5, 0.6) is 28.7 Å². The molecular weight excluding hydrogens is 1310 g/mol. The number of thioether (sulfide) groups is 1. The van der Waals surface area contributed by atoms with Crippen molar-refractivity contribution in [1.29, 1.82) is 0 Å². The zero-order chi connectivity index (χ0) is 69.7. The number of aromatic amines is 1. The van der Waals surface area contributed by atoms with E-state index in [1.54, 1.807) is 93.2 Å². The number of oxime groups is 1. The number of hydrogen-bond donors (Lipinski definition) is 3. The topological polar surface area (TPSA) is 276 Å². The lowest BCUT2D eigenvalue weighted by atomic mass is 9.74. The third kappa shape index (κ3) is 16.9. The van der Waals surface area contributed by atoms with Gasteiger partial charge in [-0.3, -0.25) is 29.2 Å². The van der Waals surface area contributed by atoms with Crippen molar-refractivity contribution in [3.8, 4) is 28.7 Å². The number of carbonyl (C=O) groups is 5. The van der Waals surface area contributed by atoms with E-state index in [1.807, 2.05) is 55.5 Å². The highest BCUT2D eigenvalue weighted by Crippen LogP contribution is 2.52. The molecule has 23 nitrogen and oxygen atoms in total. The molecule has 3 N–H and O–H groups in total. The van der Waals surface area contributed by atoms with Crippen molar-refractivity contribution < 1.29 is 66.7 Å². The number of thiazole rings is 1. The molecule has 10 rings (SSSR count). The number of amides is 3. The van der Waals surface area contributed by atoms with Crippen molar-refractivity contribution in [2.75, 3.05) is 26.6 Å². The van der Waals surface area contributed by atoms with Crippen molar-refractivity contribution in [1.82, 2.24) is 24.8 Å². The van der Waals surface area contributed by atoms with Gasteiger partial charge in [0.1, 0.15) is 76.1 Å². The van der Waals surface area contributed by atoms with Crippen molar-refractivity contribution in [3.05, 3.63) is 144 Å². The fraction of sp³-hybridized carbons (Fsp3) is 0.479. The predicted molar refractivity (Wildman–Crippen MR) is 368 cm³/mol. The Morgan fingerprint density at radius 2 is 1.37 bits per heavy atom. The Hall–Kier alpha value is -8.55. The molecule has 2 aliphatic carbocycles. The van der Waals surface area contributed by atoms with Crippen molar-refractivity contribution in [3.63, 3.8) is 0 Å². The molecule has 6 aromatic rings. The van der Waals surface area contributed by atoms with Gasteiger partial charge in [-0.1, -0.05) is 66.0 Å². The maximum atomic E-state index is 15.0. The van der Waals surface area contributed by atoms with Crippen LogP contribution < -0.4 is 45.6 Å². The Morgan fingerprint density at radius 3 is 1.98 bits per heavy atom. The minimum Gasteiger partial charge on any atom is -0.497 e. The van der Waals surface area contributed by atoms with Gasteiger partial charge in [0.15, 0.2) is 22.3 Å². The van der Waals surface area contributed by atoms with Crippen LogP contribution in [0, 0.1) is 17.3 Å². The standard InChI is InChI=1S/C71H84ClN7O16S2/c1-40-49(28-21-45-30-33-71(31-13-14-44(45)29-32-71)39-78-60(81)53-50(74-66(78)85)34-52(90-35-41-15-22-46(87-10)23-16-41)58(54(53)72)91-36-42-17-24-47(88-11)25-18-42)57(63(83)92-37-43-19-26-48(89-12)27-20-43)79-61(82)56(62(79)97-40)75-59(80)55(77-95-70(8,9)64(84)93-68(2,3)4)51-38-96-65(73-51)76-67(86)94-69(5,6)7/h15-20,22-27,34,38,40,44-45,56,62H,13-14,21,28-33,35-37,39H2,1-12H3,(H,74,85)(H,75,80)(H,73,76,86). The predicted octanol–water partition coefficient (Wildman–Crippen LogP) is 12.4. The van der Waals surface area contributed by atoms with E-state index in [0.29, 0.717) is 41.6 Å². The summed E-state index contributed by atoms with van der Waals surface area (Å²) in [5.41, 5.74) is -2.00. The second kappa shape index (κ2) is 29.7. The molecule has 4 aliphatic rings. The minimum absolute atomic E-state index is 0.00851. The van der Waals surface area contributed by atoms with Crippen LogP contribution in [0.15, 0.2) is 110 Å². The summed E-state index contributed by atoms with van der Waals surface area (Å²) in [5, 5.41) is 10.0. The number of methoxy groups -OCH3 is 3. The SMILES string of the molecule is COc1ccc(COC(=O)C2=C(CCC3CCC4(Cn5c(=O)[nH]c6cc(OCc7ccc(OC)cc7)c(OCc7ccc(OC)cc7)c(Cl)c6c5=O)CCCC3CC4)C(C)SC3C(NC(=O)C(=NOC(C)(C)C(=O)OC(C)(C)C)c4csc(NC(=O)OC(C)(C)C)n4)C(=O)N23)cc1. The first-order chi connectivity index (χ1) is 46.0. The molecule has 2 bridgehead atoms. The zero-order valence-corrected chi connectivity index (χ0v) is 59.1. The van der Waals surface area contributed by atoms with Gasteiger partial charge in [-0.15, -0.1) is 23.1 Å². The summed E-state index contributed by atoms with van der Waals surface area (Å²) in [7, 11) is 4.74. The van der Waals surface area contributed by atoms with E-state index in [-0.39, 0.29) is 81.5 Å². The smallest absolute Gasteiger partial charge is 0.413 e. The summed E-state index contributed by atoms with van der Waals surface area (Å²) in [5.74, 6) is -0.0613. The van der Waals surface area contributed by atoms with E-state index >= 15 is 0 Å². The highest BCUT2D eigenvalue weighted by Gasteiger charge is 2.56. The van der Waals surface area contributed by atoms with Gasteiger partial charge >= 0.3 is 23.7 Å². The van der Waals surface area contributed by atoms with E-state index in [9.17, 15) is 33.6 Å². The second-order valence-electron chi connectivity index (χ2n) is 27.4. The quantitative estimate of drug-likeness (QED) is 0.0167. The van der Waals surface area contributed by atoms with Crippen molar-refractivity contribution in [2.45, 2.75) is 180 Å². The van der Waals surface area contributed by atoms with Crippen LogP contribution in [0.2, 0.25) is 5.02 Å². The summed E-state index contributed by atoms with van der Waals surface area (Å²) in [6.07, 6.45) is 6.10. The molecule has 6 unspecified atom stereocenters. The molecular formula is C71H84ClN7O16S2. The number of fused-ring (bicyclic) bond motifs is 5. The number of β-lactam (4-membered cyclic amide) rings is 1. The number of halogens is 1. The van der Waals surface area contributed by atoms with Gasteiger partial charge in [0, 0.05) is 23.2 Å². The molecule has 2 aliphatic heterocycles. The number of hydrogen-bond acceptors (Lipinski definition) is 20. The van der Waals surface area contributed by atoms with E-state index in [2.05, 4.69) is 25.8 Å². The number of esters is 2. The summed E-state index contributed by atoms with van der Waals surface area (Å²) in [4.78, 5) is 114. The van der Waals surface area contributed by atoms with Gasteiger partial charge < -0.3 is 53.0 Å². The van der Waals surface area contributed by atoms with Crippen molar-refractivity contribution in [2.24, 2.45) is 22.4 Å².